The summed E-state index contributed by atoms with van der Waals surface area (Å²) >= 11 is 0. The molecule has 16 heavy (non-hydrogen) atoms. The molecule has 0 heterocycles. The van der Waals surface area contributed by atoms with Gasteiger partial charge in [0.1, 0.15) is 0 Å². The van der Waals surface area contributed by atoms with Crippen LogP contribution in [0.5, 0.6) is 0 Å². The molecule has 2 nitrogen and oxygen atoms in total. The second-order valence-corrected chi connectivity index (χ2v) is 4.94. The Kier molecular flexibility index (Phi) is 7.64. The van der Waals surface area contributed by atoms with Crippen LogP contribution in [0.1, 0.15) is 64.2 Å². The summed E-state index contributed by atoms with van der Waals surface area (Å²) in [5.41, 5.74) is 0. The van der Waals surface area contributed by atoms with Crippen LogP contribution in [0.15, 0.2) is 9.98 Å². The Balaban J connectivity index is 0.00000128. The topological polar surface area (TPSA) is 24.7 Å². The number of rotatable bonds is 2. The quantitative estimate of drug-likeness (QED) is 0.514. The molecule has 3 heteroatoms. The van der Waals surface area contributed by atoms with Crippen LogP contribution < -0.4 is 0 Å². The summed E-state index contributed by atoms with van der Waals surface area (Å²) in [5, 5.41) is 0. The first kappa shape index (κ1) is 14.4. The minimum absolute atomic E-state index is 0. The maximum atomic E-state index is 4.46. The number of hydrogen-bond donors (Lipinski definition) is 0. The van der Waals surface area contributed by atoms with Crippen molar-refractivity contribution in [3.05, 3.63) is 0 Å². The zero-order chi connectivity index (χ0) is 10.3. The number of hydrogen-bond acceptors (Lipinski definition) is 2. The van der Waals surface area contributed by atoms with E-state index in [2.05, 4.69) is 16.0 Å². The molecule has 2 saturated carbocycles. The summed E-state index contributed by atoms with van der Waals surface area (Å²) < 4.78 is 0. The van der Waals surface area contributed by atoms with E-state index in [0.29, 0.717) is 12.1 Å². The van der Waals surface area contributed by atoms with E-state index in [1.807, 2.05) is 0 Å². The summed E-state index contributed by atoms with van der Waals surface area (Å²) in [5.74, 6) is 0. The second-order valence-electron chi connectivity index (χ2n) is 4.94. The first-order valence-corrected chi connectivity index (χ1v) is 6.60. The van der Waals surface area contributed by atoms with Crippen LogP contribution in [0.25, 0.3) is 0 Å². The van der Waals surface area contributed by atoms with Gasteiger partial charge in [0.25, 0.3) is 0 Å². The van der Waals surface area contributed by atoms with Gasteiger partial charge < -0.3 is 0 Å². The van der Waals surface area contributed by atoms with Crippen molar-refractivity contribution in [3.8, 4) is 0 Å². The Bertz CT molecular complexity index is 212. The zero-order valence-corrected chi connectivity index (χ0v) is 9.62. The molecule has 2 rings (SSSR count). The number of aliphatic imine (C=N–C) groups is 2. The third kappa shape index (κ3) is 5.14. The average Bonchev–Trinajstić information content (AvgIpc) is 2.32. The molecule has 0 aromatic heterocycles. The van der Waals surface area contributed by atoms with Crippen molar-refractivity contribution in [2.45, 2.75) is 76.3 Å². The predicted octanol–water partition coefficient (Wildman–Crippen LogP) is 3.18. The van der Waals surface area contributed by atoms with Crippen LogP contribution in [-0.4, -0.2) is 47.6 Å². The van der Waals surface area contributed by atoms with Gasteiger partial charge in [0.05, 0.1) is 18.1 Å². The van der Waals surface area contributed by atoms with Crippen molar-refractivity contribution in [1.82, 2.24) is 0 Å². The van der Waals surface area contributed by atoms with Crippen molar-refractivity contribution in [2.75, 3.05) is 0 Å². The van der Waals surface area contributed by atoms with Gasteiger partial charge in [-0.3, -0.25) is 0 Å². The fraction of sp³-hybridized carbons (Fsp3) is 0.923. The molecule has 2 aliphatic carbocycles. The molecule has 0 N–H and O–H groups in total. The number of nitrogens with zero attached hydrogens (tertiary/aromatic N) is 2. The fourth-order valence-corrected chi connectivity index (χ4v) is 2.62. The summed E-state index contributed by atoms with van der Waals surface area (Å²) in [4.78, 5) is 8.92. The molecule has 0 aromatic rings. The van der Waals surface area contributed by atoms with Crippen molar-refractivity contribution in [3.63, 3.8) is 0 Å². The van der Waals surface area contributed by atoms with E-state index in [4.69, 9.17) is 0 Å². The van der Waals surface area contributed by atoms with Gasteiger partial charge in [-0.2, -0.15) is 0 Å². The van der Waals surface area contributed by atoms with Crippen molar-refractivity contribution >= 4 is 35.6 Å². The fourth-order valence-electron chi connectivity index (χ4n) is 2.62. The molecule has 0 amide bonds. The van der Waals surface area contributed by atoms with Crippen LogP contribution >= 0.6 is 0 Å². The standard InChI is InChI=1S/C13H22N2.Na.H/c1-3-7-12(8-4-1)14-11-15-13-9-5-2-6-10-13;;/h12-13H,1-10H2;;. The van der Waals surface area contributed by atoms with E-state index in [1.54, 1.807) is 0 Å². The summed E-state index contributed by atoms with van der Waals surface area (Å²) in [6, 6.07) is 4.04. The van der Waals surface area contributed by atoms with Crippen molar-refractivity contribution in [2.24, 2.45) is 9.98 Å². The van der Waals surface area contributed by atoms with E-state index in [1.165, 1.54) is 64.2 Å². The Hall–Kier alpha value is 0.380. The Morgan fingerprint density at radius 1 is 0.625 bits per heavy atom. The van der Waals surface area contributed by atoms with E-state index < -0.39 is 0 Å². The average molecular weight is 230 g/mol. The van der Waals surface area contributed by atoms with Gasteiger partial charge >= 0.3 is 29.6 Å². The van der Waals surface area contributed by atoms with E-state index in [-0.39, 0.29) is 29.6 Å². The third-order valence-corrected chi connectivity index (χ3v) is 3.63. The molecule has 0 unspecified atom stereocenters. The van der Waals surface area contributed by atoms with Gasteiger partial charge in [0.15, 0.2) is 0 Å². The van der Waals surface area contributed by atoms with Gasteiger partial charge in [0, 0.05) is 0 Å². The predicted molar refractivity (Wildman–Crippen MR) is 70.8 cm³/mol. The van der Waals surface area contributed by atoms with Gasteiger partial charge in [-0.1, -0.05) is 38.5 Å². The zero-order valence-electron chi connectivity index (χ0n) is 9.62. The molecule has 2 fully saturated rings. The van der Waals surface area contributed by atoms with Crippen molar-refractivity contribution < 1.29 is 0 Å². The first-order chi connectivity index (χ1) is 7.45. The summed E-state index contributed by atoms with van der Waals surface area (Å²) in [6.45, 7) is 0. The van der Waals surface area contributed by atoms with Gasteiger partial charge in [-0.05, 0) is 25.7 Å². The molecule has 0 radical (unpaired) electrons. The molecule has 0 bridgehead atoms. The molecule has 0 aromatic carbocycles. The second kappa shape index (κ2) is 8.47. The van der Waals surface area contributed by atoms with Crippen LogP contribution in [-0.2, 0) is 0 Å². The van der Waals surface area contributed by atoms with Gasteiger partial charge in [-0.15, -0.1) is 0 Å². The van der Waals surface area contributed by atoms with Crippen LogP contribution in [0.4, 0.5) is 0 Å². The molecular weight excluding hydrogens is 207 g/mol. The SMILES string of the molecule is C(=NC1CCCCC1)=NC1CCCCC1.[NaH]. The third-order valence-electron chi connectivity index (χ3n) is 3.63. The van der Waals surface area contributed by atoms with Crippen molar-refractivity contribution in [1.29, 1.82) is 0 Å². The molecular formula is C13H23N2Na. The molecule has 0 atom stereocenters. The molecule has 0 saturated heterocycles. The maximum absolute atomic E-state index is 4.46. The van der Waals surface area contributed by atoms with E-state index in [9.17, 15) is 0 Å². The minimum atomic E-state index is 0. The molecule has 0 aliphatic heterocycles. The Morgan fingerprint density at radius 3 is 1.38 bits per heavy atom. The summed E-state index contributed by atoms with van der Waals surface area (Å²) in [7, 11) is 0. The van der Waals surface area contributed by atoms with Crippen LogP contribution in [0.2, 0.25) is 0 Å². The normalized spacial score (nSPS) is 23.0. The van der Waals surface area contributed by atoms with Gasteiger partial charge in [0.2, 0.25) is 0 Å². The Morgan fingerprint density at radius 2 is 1.00 bits per heavy atom. The molecule has 0 spiro atoms. The van der Waals surface area contributed by atoms with E-state index >= 15 is 0 Å². The molecule has 2 aliphatic rings. The molecule has 86 valence electrons. The first-order valence-electron chi connectivity index (χ1n) is 6.60. The van der Waals surface area contributed by atoms with Crippen LogP contribution in [0.3, 0.4) is 0 Å². The summed E-state index contributed by atoms with van der Waals surface area (Å²) in [6.07, 6.45) is 13.2. The monoisotopic (exact) mass is 230 g/mol. The van der Waals surface area contributed by atoms with Crippen LogP contribution in [0, 0.1) is 0 Å². The van der Waals surface area contributed by atoms with Gasteiger partial charge in [-0.25, -0.2) is 9.98 Å². The van der Waals surface area contributed by atoms with E-state index in [0.717, 1.165) is 0 Å². The Labute approximate surface area is 121 Å².